The lowest BCUT2D eigenvalue weighted by atomic mass is 9.85. The molecule has 1 N–H and O–H groups in total. The molecule has 0 saturated carbocycles. The molecule has 2 unspecified atom stereocenters. The van der Waals surface area contributed by atoms with Gasteiger partial charge in [-0.1, -0.05) is 6.07 Å². The van der Waals surface area contributed by atoms with Crippen molar-refractivity contribution in [3.63, 3.8) is 0 Å². The molecule has 0 radical (unpaired) electrons. The number of benzene rings is 1. The van der Waals surface area contributed by atoms with Gasteiger partial charge < -0.3 is 10.2 Å². The van der Waals surface area contributed by atoms with Gasteiger partial charge in [0.2, 0.25) is 5.91 Å². The Kier molecular flexibility index (Phi) is 3.61. The summed E-state index contributed by atoms with van der Waals surface area (Å²) in [6, 6.07) is 3.72. The van der Waals surface area contributed by atoms with Crippen LogP contribution in [0.5, 0.6) is 0 Å². The third-order valence-corrected chi connectivity index (χ3v) is 4.29. The molecule has 21 heavy (non-hydrogen) atoms. The largest absolute Gasteiger partial charge is 0.353 e. The van der Waals surface area contributed by atoms with Crippen molar-refractivity contribution in [2.45, 2.75) is 25.3 Å². The number of carbonyl (C=O) groups is 2. The van der Waals surface area contributed by atoms with Gasteiger partial charge in [0.15, 0.2) is 11.6 Å². The van der Waals surface area contributed by atoms with Crippen LogP contribution in [-0.4, -0.2) is 35.8 Å². The fraction of sp³-hybridized carbons (Fsp3) is 0.467. The molecule has 2 aliphatic heterocycles. The zero-order valence-corrected chi connectivity index (χ0v) is 11.4. The zero-order valence-electron chi connectivity index (χ0n) is 11.4. The minimum absolute atomic E-state index is 0.0483. The molecule has 2 amide bonds. The standard InChI is InChI=1S/C15H16F2N2O2/c16-11-3-1-2-10(14(11)17)15(21)19-7-6-12-9(8-19)4-5-13(20)18-12/h1-3,9,12H,4-8H2,(H,18,20). The molecule has 4 nitrogen and oxygen atoms in total. The third kappa shape index (κ3) is 2.62. The maximum atomic E-state index is 13.7. The molecule has 3 rings (SSSR count). The molecule has 2 aliphatic rings. The number of hydrogen-bond donors (Lipinski definition) is 1. The zero-order chi connectivity index (χ0) is 15.0. The van der Waals surface area contributed by atoms with Gasteiger partial charge in [-0.05, 0) is 30.9 Å². The first-order valence-electron chi connectivity index (χ1n) is 7.09. The van der Waals surface area contributed by atoms with E-state index in [1.165, 1.54) is 12.1 Å². The number of carbonyl (C=O) groups excluding carboxylic acids is 2. The molecule has 2 fully saturated rings. The van der Waals surface area contributed by atoms with E-state index >= 15 is 0 Å². The average molecular weight is 294 g/mol. The minimum Gasteiger partial charge on any atom is -0.353 e. The van der Waals surface area contributed by atoms with E-state index in [4.69, 9.17) is 0 Å². The normalized spacial score (nSPS) is 25.2. The summed E-state index contributed by atoms with van der Waals surface area (Å²) in [6.07, 6.45) is 1.84. The highest BCUT2D eigenvalue weighted by Gasteiger charge is 2.36. The van der Waals surface area contributed by atoms with Crippen LogP contribution in [0.25, 0.3) is 0 Å². The van der Waals surface area contributed by atoms with Crippen molar-refractivity contribution in [3.05, 3.63) is 35.4 Å². The van der Waals surface area contributed by atoms with Crippen LogP contribution in [0.15, 0.2) is 18.2 Å². The highest BCUT2D eigenvalue weighted by molar-refractivity contribution is 5.94. The molecule has 1 aromatic rings. The second-order valence-corrected chi connectivity index (χ2v) is 5.61. The number of amides is 2. The molecule has 112 valence electrons. The van der Waals surface area contributed by atoms with Gasteiger partial charge in [-0.2, -0.15) is 0 Å². The van der Waals surface area contributed by atoms with E-state index in [0.29, 0.717) is 25.9 Å². The van der Waals surface area contributed by atoms with Crippen LogP contribution in [0.1, 0.15) is 29.6 Å². The fourth-order valence-electron chi connectivity index (χ4n) is 3.13. The number of hydrogen-bond acceptors (Lipinski definition) is 2. The monoisotopic (exact) mass is 294 g/mol. The Hall–Kier alpha value is -1.98. The maximum Gasteiger partial charge on any atom is 0.256 e. The lowest BCUT2D eigenvalue weighted by Crippen LogP contribution is -2.55. The molecule has 2 saturated heterocycles. The molecular formula is C15H16F2N2O2. The topological polar surface area (TPSA) is 49.4 Å². The first kappa shape index (κ1) is 14.0. The molecule has 2 atom stereocenters. The summed E-state index contributed by atoms with van der Waals surface area (Å²) in [5.41, 5.74) is -0.228. The highest BCUT2D eigenvalue weighted by atomic mass is 19.2. The van der Waals surface area contributed by atoms with Crippen molar-refractivity contribution in [2.75, 3.05) is 13.1 Å². The van der Waals surface area contributed by atoms with E-state index in [9.17, 15) is 18.4 Å². The summed E-state index contributed by atoms with van der Waals surface area (Å²) in [5.74, 6) is -2.35. The Labute approximate surface area is 121 Å². The first-order valence-corrected chi connectivity index (χ1v) is 7.09. The van der Waals surface area contributed by atoms with Crippen molar-refractivity contribution in [3.8, 4) is 0 Å². The Morgan fingerprint density at radius 2 is 2.10 bits per heavy atom. The Morgan fingerprint density at radius 1 is 1.29 bits per heavy atom. The predicted molar refractivity (Wildman–Crippen MR) is 71.5 cm³/mol. The van der Waals surface area contributed by atoms with Gasteiger partial charge in [0.25, 0.3) is 5.91 Å². The summed E-state index contributed by atoms with van der Waals surface area (Å²) in [4.78, 5) is 25.2. The Bertz CT molecular complexity index is 591. The molecular weight excluding hydrogens is 278 g/mol. The number of nitrogens with zero attached hydrogens (tertiary/aromatic N) is 1. The van der Waals surface area contributed by atoms with E-state index in [-0.39, 0.29) is 23.4 Å². The van der Waals surface area contributed by atoms with Crippen LogP contribution in [0.2, 0.25) is 0 Å². The number of rotatable bonds is 1. The van der Waals surface area contributed by atoms with Crippen molar-refractivity contribution >= 4 is 11.8 Å². The second kappa shape index (κ2) is 5.42. The first-order chi connectivity index (χ1) is 10.1. The van der Waals surface area contributed by atoms with Gasteiger partial charge in [0.05, 0.1) is 5.56 Å². The van der Waals surface area contributed by atoms with E-state index in [2.05, 4.69) is 5.32 Å². The second-order valence-electron chi connectivity index (χ2n) is 5.61. The molecule has 1 aromatic carbocycles. The fourth-order valence-corrected chi connectivity index (χ4v) is 3.13. The average Bonchev–Trinajstić information content (AvgIpc) is 2.49. The van der Waals surface area contributed by atoms with Gasteiger partial charge in [-0.25, -0.2) is 8.78 Å². The molecule has 0 bridgehead atoms. The third-order valence-electron chi connectivity index (χ3n) is 4.29. The molecule has 0 spiro atoms. The van der Waals surface area contributed by atoms with Crippen molar-refractivity contribution in [1.82, 2.24) is 10.2 Å². The van der Waals surface area contributed by atoms with E-state index in [0.717, 1.165) is 12.5 Å². The Morgan fingerprint density at radius 3 is 2.90 bits per heavy atom. The van der Waals surface area contributed by atoms with Gasteiger partial charge in [-0.15, -0.1) is 0 Å². The van der Waals surface area contributed by atoms with E-state index in [1.807, 2.05) is 0 Å². The van der Waals surface area contributed by atoms with E-state index in [1.54, 1.807) is 4.90 Å². The molecule has 0 aromatic heterocycles. The van der Waals surface area contributed by atoms with Crippen LogP contribution >= 0.6 is 0 Å². The minimum atomic E-state index is -1.10. The number of halogens is 2. The van der Waals surface area contributed by atoms with E-state index < -0.39 is 17.5 Å². The highest BCUT2D eigenvalue weighted by Crippen LogP contribution is 2.26. The maximum absolute atomic E-state index is 13.7. The SMILES string of the molecule is O=C1CCC2CN(C(=O)c3cccc(F)c3F)CCC2N1. The predicted octanol–water partition coefficient (Wildman–Crippen LogP) is 1.71. The number of piperidine rings is 2. The summed E-state index contributed by atoms with van der Waals surface area (Å²) in [5, 5.41) is 2.93. The van der Waals surface area contributed by atoms with Crippen molar-refractivity contribution in [2.24, 2.45) is 5.92 Å². The number of nitrogens with one attached hydrogen (secondary N) is 1. The van der Waals surface area contributed by atoms with Gasteiger partial charge in [-0.3, -0.25) is 9.59 Å². The van der Waals surface area contributed by atoms with Crippen LogP contribution < -0.4 is 5.32 Å². The molecule has 2 heterocycles. The van der Waals surface area contributed by atoms with Gasteiger partial charge in [0, 0.05) is 25.6 Å². The molecule has 0 aliphatic carbocycles. The molecule has 6 heteroatoms. The summed E-state index contributed by atoms with van der Waals surface area (Å²) in [6.45, 7) is 0.913. The summed E-state index contributed by atoms with van der Waals surface area (Å²) >= 11 is 0. The van der Waals surface area contributed by atoms with Crippen LogP contribution in [-0.2, 0) is 4.79 Å². The summed E-state index contributed by atoms with van der Waals surface area (Å²) < 4.78 is 26.9. The Balaban J connectivity index is 1.75. The number of fused-ring (bicyclic) bond motifs is 1. The lowest BCUT2D eigenvalue weighted by molar-refractivity contribution is -0.125. The van der Waals surface area contributed by atoms with Crippen molar-refractivity contribution < 1.29 is 18.4 Å². The smallest absolute Gasteiger partial charge is 0.256 e. The number of likely N-dealkylation sites (tertiary alicyclic amines) is 1. The summed E-state index contributed by atoms with van der Waals surface area (Å²) in [7, 11) is 0. The van der Waals surface area contributed by atoms with Crippen LogP contribution in [0, 0.1) is 17.6 Å². The quantitative estimate of drug-likeness (QED) is 0.857. The van der Waals surface area contributed by atoms with Crippen LogP contribution in [0.4, 0.5) is 8.78 Å². The lowest BCUT2D eigenvalue weighted by Gasteiger charge is -2.41. The van der Waals surface area contributed by atoms with Gasteiger partial charge >= 0.3 is 0 Å². The van der Waals surface area contributed by atoms with Crippen molar-refractivity contribution in [1.29, 1.82) is 0 Å². The van der Waals surface area contributed by atoms with Gasteiger partial charge in [0.1, 0.15) is 0 Å². The van der Waals surface area contributed by atoms with Crippen LogP contribution in [0.3, 0.4) is 0 Å².